The molecule has 5 nitrogen and oxygen atoms in total. The molecule has 35 heavy (non-hydrogen) atoms. The summed E-state index contributed by atoms with van der Waals surface area (Å²) < 4.78 is 0. The molecule has 0 aromatic heterocycles. The van der Waals surface area contributed by atoms with E-state index in [4.69, 9.17) is 0 Å². The monoisotopic (exact) mass is 455 g/mol. The van der Waals surface area contributed by atoms with Crippen LogP contribution in [0.25, 0.3) is 0 Å². The molecule has 0 bridgehead atoms. The Labute approximate surface area is 203 Å². The zero-order chi connectivity index (χ0) is 24.4. The Morgan fingerprint density at radius 1 is 0.771 bits per heavy atom. The molecule has 0 saturated heterocycles. The summed E-state index contributed by atoms with van der Waals surface area (Å²) in [5.74, 6) is -0.825. The summed E-state index contributed by atoms with van der Waals surface area (Å²) in [7, 11) is 0. The number of rotatable bonds is 3. The van der Waals surface area contributed by atoms with Crippen molar-refractivity contribution in [1.82, 2.24) is 0 Å². The van der Waals surface area contributed by atoms with Crippen molar-refractivity contribution in [2.45, 2.75) is 12.5 Å². The number of nitrogens with zero attached hydrogens (tertiary/aromatic N) is 3. The smallest absolute Gasteiger partial charge is 0.277 e. The number of hydrogen-bond acceptors (Lipinski definition) is 3. The Morgan fingerprint density at radius 2 is 1.34 bits per heavy atom. The van der Waals surface area contributed by atoms with Crippen molar-refractivity contribution >= 4 is 23.2 Å². The average molecular weight is 456 g/mol. The van der Waals surface area contributed by atoms with Crippen molar-refractivity contribution in [2.24, 2.45) is 4.99 Å². The molecule has 168 valence electrons. The lowest BCUT2D eigenvalue weighted by Gasteiger charge is -2.33. The summed E-state index contributed by atoms with van der Waals surface area (Å²) >= 11 is 0. The number of fused-ring (bicyclic) bond motifs is 1. The summed E-state index contributed by atoms with van der Waals surface area (Å²) in [6, 6.07) is 34.5. The van der Waals surface area contributed by atoms with E-state index in [9.17, 15) is 14.9 Å². The second kappa shape index (κ2) is 8.85. The Hall–Kier alpha value is -4.82. The third kappa shape index (κ3) is 3.62. The molecule has 4 aromatic rings. The third-order valence-electron chi connectivity index (χ3n) is 6.17. The molecule has 5 heteroatoms. The maximum Gasteiger partial charge on any atom is 0.277 e. The SMILES string of the molecule is Cc1ccc(C2(C#N)C(=NC(=O)c3ccccc3)c3ccccc3N2C(=O)c2ccccc2)cc1. The van der Waals surface area contributed by atoms with Gasteiger partial charge in [0.25, 0.3) is 11.8 Å². The molecule has 1 aliphatic heterocycles. The molecule has 4 aromatic carbocycles. The zero-order valence-electron chi connectivity index (χ0n) is 19.1. The number of carbonyl (C=O) groups is 2. The van der Waals surface area contributed by atoms with Crippen LogP contribution in [0.4, 0.5) is 5.69 Å². The highest BCUT2D eigenvalue weighted by atomic mass is 16.2. The predicted octanol–water partition coefficient (Wildman–Crippen LogP) is 5.70. The van der Waals surface area contributed by atoms with E-state index in [1.165, 1.54) is 4.90 Å². The molecule has 0 radical (unpaired) electrons. The van der Waals surface area contributed by atoms with Gasteiger partial charge >= 0.3 is 0 Å². The Kier molecular flexibility index (Phi) is 5.56. The summed E-state index contributed by atoms with van der Waals surface area (Å²) in [5.41, 5.74) is 2.12. The third-order valence-corrected chi connectivity index (χ3v) is 6.17. The van der Waals surface area contributed by atoms with E-state index in [1.54, 1.807) is 60.7 Å². The minimum atomic E-state index is -1.63. The number of aliphatic imine (C=N–C) groups is 1. The number of hydrogen-bond donors (Lipinski definition) is 0. The van der Waals surface area contributed by atoms with Gasteiger partial charge in [-0.05, 0) is 42.8 Å². The fraction of sp³-hybridized carbons (Fsp3) is 0.0667. The fourth-order valence-electron chi connectivity index (χ4n) is 4.44. The number of benzene rings is 4. The van der Waals surface area contributed by atoms with Crippen LogP contribution in [0.1, 0.15) is 37.4 Å². The van der Waals surface area contributed by atoms with E-state index >= 15 is 0 Å². The maximum absolute atomic E-state index is 14.0. The normalized spacial score (nSPS) is 17.6. The van der Waals surface area contributed by atoms with Gasteiger partial charge in [-0.3, -0.25) is 14.5 Å². The van der Waals surface area contributed by atoms with Gasteiger partial charge in [-0.15, -0.1) is 0 Å². The first kappa shape index (κ1) is 22.0. The lowest BCUT2D eigenvalue weighted by Crippen LogP contribution is -2.50. The van der Waals surface area contributed by atoms with Crippen LogP contribution < -0.4 is 4.90 Å². The van der Waals surface area contributed by atoms with Crippen molar-refractivity contribution in [3.05, 3.63) is 137 Å². The van der Waals surface area contributed by atoms with Crippen LogP contribution in [0.3, 0.4) is 0 Å². The standard InChI is InChI=1S/C30H21N3O2/c1-21-16-18-24(19-17-21)30(20-31)27(32-28(34)22-10-4-2-5-11-22)25-14-8-9-15-26(25)33(30)29(35)23-12-6-3-7-13-23/h2-19H,1H3. The van der Waals surface area contributed by atoms with Crippen LogP contribution in [0, 0.1) is 18.3 Å². The Balaban J connectivity index is 1.80. The van der Waals surface area contributed by atoms with Crippen LogP contribution in [0.15, 0.2) is 114 Å². The highest BCUT2D eigenvalue weighted by molar-refractivity contribution is 6.29. The first-order valence-corrected chi connectivity index (χ1v) is 11.2. The summed E-state index contributed by atoms with van der Waals surface area (Å²) in [5, 5.41) is 10.8. The van der Waals surface area contributed by atoms with E-state index in [0.717, 1.165) is 5.56 Å². The van der Waals surface area contributed by atoms with Gasteiger partial charge in [0.15, 0.2) is 0 Å². The molecule has 2 amide bonds. The van der Waals surface area contributed by atoms with Gasteiger partial charge in [0.1, 0.15) is 6.07 Å². The van der Waals surface area contributed by atoms with Crippen LogP contribution in [-0.2, 0) is 5.54 Å². The molecule has 1 aliphatic rings. The van der Waals surface area contributed by atoms with Crippen molar-refractivity contribution in [3.63, 3.8) is 0 Å². The molecule has 1 atom stereocenters. The largest absolute Gasteiger partial charge is 0.279 e. The van der Waals surface area contributed by atoms with Crippen LogP contribution in [0.5, 0.6) is 0 Å². The molecule has 1 heterocycles. The lowest BCUT2D eigenvalue weighted by atomic mass is 9.84. The van der Waals surface area contributed by atoms with E-state index in [1.807, 2.05) is 55.5 Å². The minimum absolute atomic E-state index is 0.234. The number of aryl methyl sites for hydroxylation is 1. The topological polar surface area (TPSA) is 73.5 Å². The molecule has 0 N–H and O–H groups in total. The number of nitriles is 1. The number of para-hydroxylation sites is 1. The Morgan fingerprint density at radius 3 is 1.97 bits per heavy atom. The average Bonchev–Trinajstić information content (AvgIpc) is 3.19. The number of anilines is 1. The minimum Gasteiger partial charge on any atom is -0.279 e. The van der Waals surface area contributed by atoms with E-state index in [2.05, 4.69) is 11.1 Å². The molecular weight excluding hydrogens is 434 g/mol. The van der Waals surface area contributed by atoms with Crippen molar-refractivity contribution in [1.29, 1.82) is 5.26 Å². The maximum atomic E-state index is 14.0. The molecule has 0 saturated carbocycles. The van der Waals surface area contributed by atoms with Crippen LogP contribution >= 0.6 is 0 Å². The number of carbonyl (C=O) groups excluding carboxylic acids is 2. The highest BCUT2D eigenvalue weighted by Crippen LogP contribution is 2.46. The van der Waals surface area contributed by atoms with Crippen molar-refractivity contribution in [3.8, 4) is 6.07 Å². The van der Waals surface area contributed by atoms with Gasteiger partial charge in [-0.1, -0.05) is 84.4 Å². The second-order valence-corrected chi connectivity index (χ2v) is 8.34. The van der Waals surface area contributed by atoms with Gasteiger partial charge in [0.2, 0.25) is 5.54 Å². The highest BCUT2D eigenvalue weighted by Gasteiger charge is 2.54. The first-order valence-electron chi connectivity index (χ1n) is 11.2. The summed E-state index contributed by atoms with van der Waals surface area (Å²) in [6.07, 6.45) is 0. The van der Waals surface area contributed by atoms with Crippen molar-refractivity contribution < 1.29 is 9.59 Å². The second-order valence-electron chi connectivity index (χ2n) is 8.34. The zero-order valence-corrected chi connectivity index (χ0v) is 19.1. The Bertz CT molecular complexity index is 1490. The van der Waals surface area contributed by atoms with Crippen LogP contribution in [-0.4, -0.2) is 17.5 Å². The molecule has 0 fully saturated rings. The van der Waals surface area contributed by atoms with Gasteiger partial charge < -0.3 is 0 Å². The van der Waals surface area contributed by atoms with Crippen molar-refractivity contribution in [2.75, 3.05) is 4.90 Å². The molecular formula is C30H21N3O2. The predicted molar refractivity (Wildman–Crippen MR) is 135 cm³/mol. The van der Waals surface area contributed by atoms with E-state index < -0.39 is 11.4 Å². The summed E-state index contributed by atoms with van der Waals surface area (Å²) in [4.78, 5) is 33.2. The number of amides is 2. The fourth-order valence-corrected chi connectivity index (χ4v) is 4.44. The molecule has 0 spiro atoms. The van der Waals surface area contributed by atoms with Crippen LogP contribution in [0.2, 0.25) is 0 Å². The van der Waals surface area contributed by atoms with E-state index in [0.29, 0.717) is 27.9 Å². The van der Waals surface area contributed by atoms with Gasteiger partial charge in [0.05, 0.1) is 11.4 Å². The van der Waals surface area contributed by atoms with Gasteiger partial charge in [0, 0.05) is 16.7 Å². The molecule has 0 aliphatic carbocycles. The molecule has 5 rings (SSSR count). The van der Waals surface area contributed by atoms with E-state index in [-0.39, 0.29) is 11.6 Å². The molecule has 1 unspecified atom stereocenters. The van der Waals surface area contributed by atoms with Gasteiger partial charge in [-0.25, -0.2) is 4.99 Å². The first-order chi connectivity index (χ1) is 17.1. The quantitative estimate of drug-likeness (QED) is 0.397. The van der Waals surface area contributed by atoms with Gasteiger partial charge in [-0.2, -0.15) is 5.26 Å². The lowest BCUT2D eigenvalue weighted by molar-refractivity contribution is 0.0971. The summed E-state index contributed by atoms with van der Waals surface area (Å²) in [6.45, 7) is 1.95.